The second-order valence-electron chi connectivity index (χ2n) is 4.47. The van der Waals surface area contributed by atoms with Gasteiger partial charge in [0.25, 0.3) is 0 Å². The van der Waals surface area contributed by atoms with Gasteiger partial charge in [-0.2, -0.15) is 0 Å². The van der Waals surface area contributed by atoms with E-state index in [1.54, 1.807) is 0 Å². The minimum absolute atomic E-state index is 0.714. The van der Waals surface area contributed by atoms with Crippen molar-refractivity contribution in [2.45, 2.75) is 59.8 Å². The third kappa shape index (κ3) is 1.21. The van der Waals surface area contributed by atoms with Gasteiger partial charge < -0.3 is 0 Å². The lowest BCUT2D eigenvalue weighted by Crippen LogP contribution is -2.09. The van der Waals surface area contributed by atoms with Crippen LogP contribution in [0.25, 0.3) is 0 Å². The highest BCUT2D eigenvalue weighted by atomic mass is 14.6. The minimum Gasteiger partial charge on any atom is -0.0654 e. The smallest absolute Gasteiger partial charge is 0.0243 e. The lowest BCUT2D eigenvalue weighted by Gasteiger charge is -2.19. The van der Waals surface area contributed by atoms with Crippen molar-refractivity contribution in [3.63, 3.8) is 0 Å². The van der Waals surface area contributed by atoms with Crippen LogP contribution in [-0.4, -0.2) is 0 Å². The Bertz CT molecular complexity index is 133. The maximum Gasteiger partial charge on any atom is -0.0243 e. The maximum atomic E-state index is 2.48. The minimum atomic E-state index is 0.714. The second kappa shape index (κ2) is 2.80. The summed E-state index contributed by atoms with van der Waals surface area (Å²) < 4.78 is 0. The summed E-state index contributed by atoms with van der Waals surface area (Å²) in [5.74, 6) is 0. The molecule has 1 unspecified atom stereocenters. The van der Waals surface area contributed by atoms with Crippen molar-refractivity contribution < 1.29 is 0 Å². The van der Waals surface area contributed by atoms with Gasteiger partial charge in [-0.05, 0) is 36.5 Å². The highest BCUT2D eigenvalue weighted by Gasteiger charge is 2.60. The van der Waals surface area contributed by atoms with Gasteiger partial charge in [-0.1, -0.05) is 34.1 Å². The lowest BCUT2D eigenvalue weighted by molar-refractivity contribution is 0.316. The van der Waals surface area contributed by atoms with E-state index in [1.165, 1.54) is 32.1 Å². The van der Waals surface area contributed by atoms with Crippen molar-refractivity contribution in [2.24, 2.45) is 10.8 Å². The molecule has 1 aliphatic rings. The fourth-order valence-corrected chi connectivity index (χ4v) is 2.96. The Morgan fingerprint density at radius 1 is 1.09 bits per heavy atom. The van der Waals surface area contributed by atoms with E-state index in [-0.39, 0.29) is 0 Å². The van der Waals surface area contributed by atoms with E-state index in [2.05, 4.69) is 27.7 Å². The molecule has 0 aliphatic heterocycles. The summed E-state index contributed by atoms with van der Waals surface area (Å²) in [6, 6.07) is 0. The molecule has 1 saturated carbocycles. The first-order valence-corrected chi connectivity index (χ1v) is 5.14. The van der Waals surface area contributed by atoms with E-state index >= 15 is 0 Å². The normalized spacial score (nSPS) is 33.8. The molecule has 1 atom stereocenters. The molecular formula is C11H22. The zero-order chi connectivity index (χ0) is 8.54. The first-order valence-electron chi connectivity index (χ1n) is 5.14. The van der Waals surface area contributed by atoms with E-state index < -0.39 is 0 Å². The predicted octanol–water partition coefficient (Wildman–Crippen LogP) is 4.00. The summed E-state index contributed by atoms with van der Waals surface area (Å²) in [5.41, 5.74) is 1.45. The third-order valence-electron chi connectivity index (χ3n) is 4.04. The fraction of sp³-hybridized carbons (Fsp3) is 1.00. The highest BCUT2D eigenvalue weighted by Crippen LogP contribution is 2.69. The largest absolute Gasteiger partial charge is 0.0654 e. The molecule has 1 rings (SSSR count). The molecule has 0 heteroatoms. The van der Waals surface area contributed by atoms with Crippen molar-refractivity contribution >= 4 is 0 Å². The topological polar surface area (TPSA) is 0 Å². The van der Waals surface area contributed by atoms with Gasteiger partial charge in [0.05, 0.1) is 0 Å². The van der Waals surface area contributed by atoms with Crippen LogP contribution in [-0.2, 0) is 0 Å². The van der Waals surface area contributed by atoms with Gasteiger partial charge in [-0.3, -0.25) is 0 Å². The molecule has 0 spiro atoms. The standard InChI is InChI=1S/C11H22/c1-5-8-10(4)9-11(10,6-2)7-3/h5-9H2,1-4H3. The van der Waals surface area contributed by atoms with Crippen molar-refractivity contribution in [3.8, 4) is 0 Å². The van der Waals surface area contributed by atoms with Crippen LogP contribution in [0.3, 0.4) is 0 Å². The number of hydrogen-bond acceptors (Lipinski definition) is 0. The van der Waals surface area contributed by atoms with Crippen molar-refractivity contribution in [3.05, 3.63) is 0 Å². The Morgan fingerprint density at radius 3 is 1.91 bits per heavy atom. The molecule has 11 heavy (non-hydrogen) atoms. The summed E-state index contributed by atoms with van der Waals surface area (Å²) >= 11 is 0. The molecule has 1 aliphatic carbocycles. The Labute approximate surface area is 71.4 Å². The zero-order valence-electron chi connectivity index (χ0n) is 8.54. The molecular weight excluding hydrogens is 132 g/mol. The van der Waals surface area contributed by atoms with Crippen LogP contribution in [0.2, 0.25) is 0 Å². The van der Waals surface area contributed by atoms with Crippen LogP contribution in [0.4, 0.5) is 0 Å². The molecule has 0 nitrogen and oxygen atoms in total. The molecule has 0 radical (unpaired) electrons. The molecule has 66 valence electrons. The second-order valence-corrected chi connectivity index (χ2v) is 4.47. The van der Waals surface area contributed by atoms with Crippen LogP contribution in [0, 0.1) is 10.8 Å². The van der Waals surface area contributed by atoms with E-state index in [1.807, 2.05) is 0 Å². The lowest BCUT2D eigenvalue weighted by atomic mass is 9.86. The Balaban J connectivity index is 2.53. The maximum absolute atomic E-state index is 2.48. The molecule has 0 amide bonds. The Kier molecular flexibility index (Phi) is 2.32. The van der Waals surface area contributed by atoms with E-state index in [4.69, 9.17) is 0 Å². The SMILES string of the molecule is CCCC1(C)CC1(CC)CC. The van der Waals surface area contributed by atoms with Gasteiger partial charge in [0.15, 0.2) is 0 Å². The van der Waals surface area contributed by atoms with Gasteiger partial charge in [-0.15, -0.1) is 0 Å². The predicted molar refractivity (Wildman–Crippen MR) is 50.6 cm³/mol. The molecule has 0 saturated heterocycles. The molecule has 0 aromatic heterocycles. The summed E-state index contributed by atoms with van der Waals surface area (Å²) in [4.78, 5) is 0. The van der Waals surface area contributed by atoms with Gasteiger partial charge in [0.1, 0.15) is 0 Å². The number of rotatable bonds is 4. The van der Waals surface area contributed by atoms with E-state index in [0.29, 0.717) is 5.41 Å². The van der Waals surface area contributed by atoms with Crippen LogP contribution in [0.1, 0.15) is 59.8 Å². The fourth-order valence-electron chi connectivity index (χ4n) is 2.96. The van der Waals surface area contributed by atoms with Crippen molar-refractivity contribution in [1.82, 2.24) is 0 Å². The molecule has 0 heterocycles. The quantitative estimate of drug-likeness (QED) is 0.574. The molecule has 0 aromatic rings. The summed E-state index contributed by atoms with van der Waals surface area (Å²) in [7, 11) is 0. The van der Waals surface area contributed by atoms with Gasteiger partial charge in [0, 0.05) is 0 Å². The first-order chi connectivity index (χ1) is 5.14. The average Bonchev–Trinajstić information content (AvgIpc) is 2.58. The van der Waals surface area contributed by atoms with Crippen LogP contribution >= 0.6 is 0 Å². The van der Waals surface area contributed by atoms with Crippen molar-refractivity contribution in [2.75, 3.05) is 0 Å². The first kappa shape index (κ1) is 9.09. The summed E-state index contributed by atoms with van der Waals surface area (Å²) in [6.45, 7) is 9.48. The Morgan fingerprint density at radius 2 is 1.64 bits per heavy atom. The van der Waals surface area contributed by atoms with Gasteiger partial charge in [-0.25, -0.2) is 0 Å². The van der Waals surface area contributed by atoms with Gasteiger partial charge in [0.2, 0.25) is 0 Å². The zero-order valence-corrected chi connectivity index (χ0v) is 8.54. The van der Waals surface area contributed by atoms with Crippen LogP contribution in [0.5, 0.6) is 0 Å². The molecule has 1 fully saturated rings. The van der Waals surface area contributed by atoms with Gasteiger partial charge >= 0.3 is 0 Å². The van der Waals surface area contributed by atoms with E-state index in [9.17, 15) is 0 Å². The summed E-state index contributed by atoms with van der Waals surface area (Å²) in [5, 5.41) is 0. The molecule has 0 bridgehead atoms. The third-order valence-corrected chi connectivity index (χ3v) is 4.04. The van der Waals surface area contributed by atoms with Crippen LogP contribution in [0.15, 0.2) is 0 Å². The summed E-state index contributed by atoms with van der Waals surface area (Å²) in [6.07, 6.45) is 7.06. The highest BCUT2D eigenvalue weighted by molar-refractivity contribution is 5.09. The van der Waals surface area contributed by atoms with E-state index in [0.717, 1.165) is 5.41 Å². The van der Waals surface area contributed by atoms with Crippen LogP contribution < -0.4 is 0 Å². The monoisotopic (exact) mass is 154 g/mol. The number of hydrogen-bond donors (Lipinski definition) is 0. The Hall–Kier alpha value is 0. The molecule has 0 aromatic carbocycles. The average molecular weight is 154 g/mol. The molecule has 0 N–H and O–H groups in total. The van der Waals surface area contributed by atoms with Crippen molar-refractivity contribution in [1.29, 1.82) is 0 Å².